The molecule has 8 aliphatic rings. The van der Waals surface area contributed by atoms with E-state index < -0.39 is 0 Å². The van der Waals surface area contributed by atoms with Gasteiger partial charge >= 0.3 is 0 Å². The van der Waals surface area contributed by atoms with E-state index in [4.69, 9.17) is 0 Å². The van der Waals surface area contributed by atoms with Gasteiger partial charge in [0.15, 0.2) is 0 Å². The largest absolute Gasteiger partial charge is 0.245 e. The molecule has 8 rings (SSSR count). The highest BCUT2D eigenvalue weighted by Crippen LogP contribution is 2.73. The third kappa shape index (κ3) is 1.73. The maximum atomic E-state index is 2.83. The van der Waals surface area contributed by atoms with Crippen LogP contribution in [0.15, 0.2) is 0 Å². The molecule has 8 fully saturated rings. The van der Waals surface area contributed by atoms with Crippen molar-refractivity contribution in [2.75, 3.05) is 6.26 Å². The van der Waals surface area contributed by atoms with Gasteiger partial charge in [-0.2, -0.15) is 0 Å². The third-order valence-electron chi connectivity index (χ3n) is 9.43. The van der Waals surface area contributed by atoms with E-state index >= 15 is 0 Å². The second-order valence-electron chi connectivity index (χ2n) is 10.8. The maximum Gasteiger partial charge on any atom is -0.00118 e. The molecule has 0 nitrogen and oxygen atoms in total. The second kappa shape index (κ2) is 4.30. The summed E-state index contributed by atoms with van der Waals surface area (Å²) in [7, 11) is 0.271. The van der Waals surface area contributed by atoms with Gasteiger partial charge < -0.3 is 0 Å². The van der Waals surface area contributed by atoms with Crippen molar-refractivity contribution in [3.63, 3.8) is 0 Å². The molecule has 8 saturated carbocycles. The first-order valence-electron chi connectivity index (χ1n) is 10.4. The van der Waals surface area contributed by atoms with Gasteiger partial charge in [0.05, 0.1) is 0 Å². The van der Waals surface area contributed by atoms with Crippen LogP contribution in [0.25, 0.3) is 0 Å². The zero-order chi connectivity index (χ0) is 14.5. The normalized spacial score (nSPS) is 63.4. The van der Waals surface area contributed by atoms with Gasteiger partial charge in [0.1, 0.15) is 0 Å². The molecule has 0 heterocycles. The topological polar surface area (TPSA) is 0 Å². The predicted octanol–water partition coefficient (Wildman–Crippen LogP) is 5.56. The Morgan fingerprint density at radius 1 is 0.500 bits per heavy atom. The van der Waals surface area contributed by atoms with Gasteiger partial charge in [0, 0.05) is 0 Å². The minimum absolute atomic E-state index is 0.271. The summed E-state index contributed by atoms with van der Waals surface area (Å²) >= 11 is 0. The van der Waals surface area contributed by atoms with Crippen molar-refractivity contribution in [3.05, 3.63) is 0 Å². The fourth-order valence-corrected chi connectivity index (χ4v) is 13.7. The molecule has 0 saturated heterocycles. The lowest BCUT2D eigenvalue weighted by Gasteiger charge is -2.68. The van der Waals surface area contributed by atoms with E-state index in [1.165, 1.54) is 0 Å². The Kier molecular flexibility index (Phi) is 2.66. The van der Waals surface area contributed by atoms with Crippen molar-refractivity contribution in [1.82, 2.24) is 0 Å². The van der Waals surface area contributed by atoms with E-state index in [9.17, 15) is 0 Å². The summed E-state index contributed by atoms with van der Waals surface area (Å²) in [6.45, 7) is 0. The van der Waals surface area contributed by atoms with Crippen LogP contribution >= 0.6 is 10.9 Å². The van der Waals surface area contributed by atoms with Crippen molar-refractivity contribution >= 4 is 10.9 Å². The lowest BCUT2D eigenvalue weighted by Crippen LogP contribution is -2.57. The van der Waals surface area contributed by atoms with E-state index in [-0.39, 0.29) is 10.9 Å². The third-order valence-corrected chi connectivity index (χ3v) is 13.4. The molecule has 1 heteroatoms. The first kappa shape index (κ1) is 13.6. The lowest BCUT2D eigenvalue weighted by molar-refractivity contribution is 0.0225. The molecule has 0 aromatic rings. The van der Waals surface area contributed by atoms with Gasteiger partial charge in [-0.05, 0) is 128 Å². The molecular weight excluding hydrogens is 284 g/mol. The Morgan fingerprint density at radius 2 is 0.727 bits per heavy atom. The zero-order valence-electron chi connectivity index (χ0n) is 14.4. The van der Waals surface area contributed by atoms with Crippen LogP contribution in [0.1, 0.15) is 77.0 Å². The minimum Gasteiger partial charge on any atom is -0.245 e. The van der Waals surface area contributed by atoms with Crippen LogP contribution in [0.3, 0.4) is 0 Å². The van der Waals surface area contributed by atoms with E-state index in [1.54, 1.807) is 77.0 Å². The molecule has 0 N–H and O–H groups in total. The van der Waals surface area contributed by atoms with Crippen LogP contribution in [-0.4, -0.2) is 15.7 Å². The van der Waals surface area contributed by atoms with Gasteiger partial charge in [-0.15, -0.1) is 0 Å². The molecule has 124 valence electrons. The fraction of sp³-hybridized carbons (Fsp3) is 1.00. The molecule has 0 unspecified atom stereocenters. The molecule has 8 aliphatic carbocycles. The van der Waals surface area contributed by atoms with Crippen LogP contribution < -0.4 is 0 Å². The van der Waals surface area contributed by atoms with Crippen LogP contribution in [0.5, 0.6) is 0 Å². The molecule has 8 bridgehead atoms. The van der Waals surface area contributed by atoms with E-state index in [1.807, 2.05) is 0 Å². The smallest absolute Gasteiger partial charge is 0.00118 e. The van der Waals surface area contributed by atoms with E-state index in [2.05, 4.69) is 6.26 Å². The van der Waals surface area contributed by atoms with Gasteiger partial charge in [-0.1, -0.05) is 0 Å². The summed E-state index contributed by atoms with van der Waals surface area (Å²) in [5.74, 6) is 6.95. The molecule has 0 radical (unpaired) electrons. The van der Waals surface area contributed by atoms with Crippen LogP contribution in [0.4, 0.5) is 0 Å². The van der Waals surface area contributed by atoms with Crippen molar-refractivity contribution in [2.45, 2.75) is 86.5 Å². The summed E-state index contributed by atoms with van der Waals surface area (Å²) in [6, 6.07) is 0. The summed E-state index contributed by atoms with van der Waals surface area (Å²) in [5, 5.41) is 0. The Morgan fingerprint density at radius 3 is 0.955 bits per heavy atom. The highest BCUT2D eigenvalue weighted by atomic mass is 32.2. The fourth-order valence-electron chi connectivity index (χ4n) is 9.45. The van der Waals surface area contributed by atoms with Crippen molar-refractivity contribution in [2.24, 2.45) is 35.5 Å². The van der Waals surface area contributed by atoms with Gasteiger partial charge in [0.2, 0.25) is 0 Å². The van der Waals surface area contributed by atoms with E-state index in [0.29, 0.717) is 0 Å². The van der Waals surface area contributed by atoms with Crippen molar-refractivity contribution < 1.29 is 0 Å². The molecule has 22 heavy (non-hydrogen) atoms. The average molecular weight is 319 g/mol. The predicted molar refractivity (Wildman–Crippen MR) is 96.7 cm³/mol. The average Bonchev–Trinajstić information content (AvgIpc) is 2.43. The maximum absolute atomic E-state index is 2.83. The van der Waals surface area contributed by atoms with Crippen LogP contribution in [-0.2, 0) is 0 Å². The van der Waals surface area contributed by atoms with Crippen LogP contribution in [0.2, 0.25) is 0 Å². The second-order valence-corrected chi connectivity index (χ2v) is 13.9. The number of rotatable bonds is 2. The lowest BCUT2D eigenvalue weighted by atomic mass is 9.55. The Bertz CT molecular complexity index is 378. The monoisotopic (exact) mass is 318 g/mol. The molecule has 0 aromatic carbocycles. The minimum atomic E-state index is 0.271. The first-order valence-corrected chi connectivity index (χ1v) is 12.2. The first-order chi connectivity index (χ1) is 10.6. The van der Waals surface area contributed by atoms with Crippen LogP contribution in [0, 0.1) is 35.5 Å². The standard InChI is InChI=1S/C21H34S/c1-22(20-8-14-2-15(9-20)4-16(3-14)10-20)21-11-17-5-18(12-21)7-19(6-17)13-21/h14-19,22H,2-13H2,1H3. The highest BCUT2D eigenvalue weighted by Gasteiger charge is 2.60. The molecule has 0 aliphatic heterocycles. The Labute approximate surface area is 139 Å². The number of thiol groups is 1. The summed E-state index contributed by atoms with van der Waals surface area (Å²) < 4.78 is 1.74. The molecule has 0 aromatic heterocycles. The van der Waals surface area contributed by atoms with Gasteiger partial charge in [0.25, 0.3) is 0 Å². The van der Waals surface area contributed by atoms with E-state index in [0.717, 1.165) is 45.0 Å². The Hall–Kier alpha value is 0.350. The highest BCUT2D eigenvalue weighted by molar-refractivity contribution is 8.18. The zero-order valence-corrected chi connectivity index (χ0v) is 15.3. The van der Waals surface area contributed by atoms with Crippen molar-refractivity contribution in [1.29, 1.82) is 0 Å². The SMILES string of the molecule is C[SH](C12CC3CC(CC(C3)C1)C2)C12CC3CC(CC(C3)C1)C2. The summed E-state index contributed by atoms with van der Waals surface area (Å²) in [5.41, 5.74) is 0. The van der Waals surface area contributed by atoms with Crippen molar-refractivity contribution in [3.8, 4) is 0 Å². The number of hydrogen-bond acceptors (Lipinski definition) is 0. The quantitative estimate of drug-likeness (QED) is 0.634. The Balaban J connectivity index is 1.36. The summed E-state index contributed by atoms with van der Waals surface area (Å²) in [6.07, 6.45) is 22.6. The molecule has 0 amide bonds. The molecule has 0 atom stereocenters. The van der Waals surface area contributed by atoms with Gasteiger partial charge in [-0.25, -0.2) is 10.9 Å². The van der Waals surface area contributed by atoms with Gasteiger partial charge in [-0.3, -0.25) is 0 Å². The number of hydrogen-bond donors (Lipinski definition) is 1. The molecule has 0 spiro atoms. The summed E-state index contributed by atoms with van der Waals surface area (Å²) in [4.78, 5) is 0. The molecular formula is C21H34S.